The molecule has 7 heteroatoms. The molecule has 0 aromatic carbocycles. The summed E-state index contributed by atoms with van der Waals surface area (Å²) in [5.41, 5.74) is 4.50. The summed E-state index contributed by atoms with van der Waals surface area (Å²) in [5.74, 6) is 0.345. The summed E-state index contributed by atoms with van der Waals surface area (Å²) in [4.78, 5) is 28.8. The predicted octanol–water partition coefficient (Wildman–Crippen LogP) is 2.78. The van der Waals surface area contributed by atoms with E-state index in [1.54, 1.807) is 6.07 Å². The van der Waals surface area contributed by atoms with E-state index < -0.39 is 0 Å². The molecule has 2 fully saturated rings. The van der Waals surface area contributed by atoms with Crippen LogP contribution in [0.25, 0.3) is 10.2 Å². The molecular formula is C18H22N4O2S. The first kappa shape index (κ1) is 16.4. The molecule has 4 rings (SSSR count). The number of carbonyl (C=O) groups excluding carboxylic acids is 1. The van der Waals surface area contributed by atoms with Crippen LogP contribution in [0.4, 0.5) is 0 Å². The monoisotopic (exact) mass is 358 g/mol. The maximum atomic E-state index is 12.3. The van der Waals surface area contributed by atoms with E-state index in [9.17, 15) is 9.59 Å². The van der Waals surface area contributed by atoms with Gasteiger partial charge in [0.25, 0.3) is 11.5 Å². The third-order valence-electron chi connectivity index (χ3n) is 6.58. The van der Waals surface area contributed by atoms with Crippen molar-refractivity contribution in [2.45, 2.75) is 46.6 Å². The largest absolute Gasteiger partial charge is 0.288 e. The van der Waals surface area contributed by atoms with Crippen molar-refractivity contribution in [3.8, 4) is 0 Å². The van der Waals surface area contributed by atoms with Crippen LogP contribution in [0.3, 0.4) is 0 Å². The summed E-state index contributed by atoms with van der Waals surface area (Å²) < 4.78 is 1.91. The van der Waals surface area contributed by atoms with E-state index in [1.807, 2.05) is 5.38 Å². The lowest BCUT2D eigenvalue weighted by molar-refractivity contribution is -0.121. The Balaban J connectivity index is 1.50. The van der Waals surface area contributed by atoms with Crippen LogP contribution >= 0.6 is 11.3 Å². The Morgan fingerprint density at radius 1 is 1.48 bits per heavy atom. The SMILES string of the molecule is CC12CCC(C/C1=N/NC(=O)Cn1cnc3ccsc3c1=O)C2(C)C. The van der Waals surface area contributed by atoms with Crippen molar-refractivity contribution >= 4 is 33.2 Å². The first-order valence-corrected chi connectivity index (χ1v) is 9.49. The standard InChI is InChI=1S/C18H22N4O2S/c1-17(2)11-4-6-18(17,3)13(8-11)20-21-14(23)9-22-10-19-12-5-7-25-15(12)16(22)24/h5,7,10-11H,4,6,8-9H2,1-3H3,(H,21,23)/b20-13-. The molecule has 2 atom stereocenters. The van der Waals surface area contributed by atoms with Crippen LogP contribution in [0.15, 0.2) is 27.7 Å². The lowest BCUT2D eigenvalue weighted by Gasteiger charge is -2.34. The van der Waals surface area contributed by atoms with Gasteiger partial charge in [-0.3, -0.25) is 14.2 Å². The number of nitrogens with one attached hydrogen (secondary N) is 1. The zero-order chi connectivity index (χ0) is 17.8. The summed E-state index contributed by atoms with van der Waals surface area (Å²) in [6.45, 7) is 6.79. The van der Waals surface area contributed by atoms with Gasteiger partial charge in [-0.05, 0) is 42.0 Å². The van der Waals surface area contributed by atoms with Gasteiger partial charge in [-0.1, -0.05) is 20.8 Å². The summed E-state index contributed by atoms with van der Waals surface area (Å²) in [6.07, 6.45) is 4.73. The highest BCUT2D eigenvalue weighted by Crippen LogP contribution is 2.63. The van der Waals surface area contributed by atoms with Crippen molar-refractivity contribution in [3.63, 3.8) is 0 Å². The maximum Gasteiger partial charge on any atom is 0.271 e. The van der Waals surface area contributed by atoms with E-state index in [4.69, 9.17) is 0 Å². The number of rotatable bonds is 3. The number of hydrogen-bond acceptors (Lipinski definition) is 5. The Labute approximate surface area is 150 Å². The average Bonchev–Trinajstić information content (AvgIpc) is 3.18. The minimum Gasteiger partial charge on any atom is -0.288 e. The van der Waals surface area contributed by atoms with Gasteiger partial charge >= 0.3 is 0 Å². The third kappa shape index (κ3) is 2.36. The van der Waals surface area contributed by atoms with Gasteiger partial charge in [0.15, 0.2) is 0 Å². The molecule has 132 valence electrons. The smallest absolute Gasteiger partial charge is 0.271 e. The summed E-state index contributed by atoms with van der Waals surface area (Å²) in [5, 5.41) is 6.26. The minimum absolute atomic E-state index is 0.0548. The van der Waals surface area contributed by atoms with E-state index in [-0.39, 0.29) is 28.8 Å². The Bertz CT molecular complexity index is 942. The Morgan fingerprint density at radius 2 is 2.28 bits per heavy atom. The number of nitrogens with zero attached hydrogens (tertiary/aromatic N) is 3. The molecule has 0 aliphatic heterocycles. The number of fused-ring (bicyclic) bond motifs is 3. The van der Waals surface area contributed by atoms with E-state index in [2.05, 4.69) is 36.3 Å². The number of hydrazone groups is 1. The van der Waals surface area contributed by atoms with Gasteiger partial charge in [-0.15, -0.1) is 11.3 Å². The van der Waals surface area contributed by atoms with E-state index >= 15 is 0 Å². The Hall–Kier alpha value is -2.02. The molecule has 2 unspecified atom stereocenters. The molecular weight excluding hydrogens is 336 g/mol. The predicted molar refractivity (Wildman–Crippen MR) is 98.7 cm³/mol. The van der Waals surface area contributed by atoms with Crippen LogP contribution in [0.1, 0.15) is 40.0 Å². The first-order valence-electron chi connectivity index (χ1n) is 8.61. The molecule has 2 aliphatic carbocycles. The lowest BCUT2D eigenvalue weighted by atomic mass is 9.70. The second kappa shape index (κ2) is 5.49. The molecule has 2 aliphatic rings. The highest BCUT2D eigenvalue weighted by atomic mass is 32.1. The van der Waals surface area contributed by atoms with Crippen LogP contribution in [0.5, 0.6) is 0 Å². The molecule has 1 N–H and O–H groups in total. The van der Waals surface area contributed by atoms with E-state index in [1.165, 1.54) is 28.7 Å². The van der Waals surface area contributed by atoms with Crippen molar-refractivity contribution in [2.75, 3.05) is 0 Å². The van der Waals surface area contributed by atoms with Crippen molar-refractivity contribution in [3.05, 3.63) is 28.1 Å². The highest BCUT2D eigenvalue weighted by molar-refractivity contribution is 7.17. The van der Waals surface area contributed by atoms with Gasteiger partial charge in [0.1, 0.15) is 11.2 Å². The molecule has 2 saturated carbocycles. The summed E-state index contributed by atoms with van der Waals surface area (Å²) in [6, 6.07) is 1.80. The van der Waals surface area contributed by atoms with Gasteiger partial charge in [-0.25, -0.2) is 10.4 Å². The lowest BCUT2D eigenvalue weighted by Crippen LogP contribution is -2.35. The average molecular weight is 358 g/mol. The van der Waals surface area contributed by atoms with Crippen LogP contribution in [-0.2, 0) is 11.3 Å². The van der Waals surface area contributed by atoms with Gasteiger partial charge in [0.2, 0.25) is 0 Å². The Kier molecular flexibility index (Phi) is 3.61. The normalized spacial score (nSPS) is 28.8. The fourth-order valence-electron chi connectivity index (χ4n) is 4.41. The van der Waals surface area contributed by atoms with Crippen molar-refractivity contribution in [2.24, 2.45) is 21.8 Å². The number of carbonyl (C=O) groups is 1. The summed E-state index contributed by atoms with van der Waals surface area (Å²) >= 11 is 1.34. The molecule has 2 aromatic heterocycles. The quantitative estimate of drug-likeness (QED) is 0.857. The van der Waals surface area contributed by atoms with Crippen LogP contribution in [-0.4, -0.2) is 21.2 Å². The van der Waals surface area contributed by atoms with Crippen molar-refractivity contribution in [1.29, 1.82) is 0 Å². The zero-order valence-corrected chi connectivity index (χ0v) is 15.5. The number of thiophene rings is 1. The number of amides is 1. The molecule has 0 saturated heterocycles. The van der Waals surface area contributed by atoms with Crippen LogP contribution < -0.4 is 11.0 Å². The number of hydrogen-bond donors (Lipinski definition) is 1. The molecule has 0 spiro atoms. The molecule has 2 heterocycles. The Morgan fingerprint density at radius 3 is 2.96 bits per heavy atom. The molecule has 1 amide bonds. The number of aromatic nitrogens is 2. The van der Waals surface area contributed by atoms with E-state index in [0.717, 1.165) is 18.6 Å². The maximum absolute atomic E-state index is 12.3. The summed E-state index contributed by atoms with van der Waals surface area (Å²) in [7, 11) is 0. The zero-order valence-electron chi connectivity index (χ0n) is 14.7. The fourth-order valence-corrected chi connectivity index (χ4v) is 5.20. The second-order valence-corrected chi connectivity index (χ2v) is 8.82. The van der Waals surface area contributed by atoms with Crippen LogP contribution in [0.2, 0.25) is 0 Å². The molecule has 25 heavy (non-hydrogen) atoms. The third-order valence-corrected chi connectivity index (χ3v) is 7.47. The molecule has 6 nitrogen and oxygen atoms in total. The van der Waals surface area contributed by atoms with Gasteiger partial charge in [0.05, 0.1) is 11.8 Å². The highest BCUT2D eigenvalue weighted by Gasteiger charge is 2.59. The van der Waals surface area contributed by atoms with Crippen molar-refractivity contribution < 1.29 is 4.79 Å². The minimum atomic E-state index is -0.295. The molecule has 0 radical (unpaired) electrons. The second-order valence-electron chi connectivity index (χ2n) is 7.90. The van der Waals surface area contributed by atoms with Gasteiger partial charge < -0.3 is 0 Å². The van der Waals surface area contributed by atoms with Gasteiger partial charge in [0, 0.05) is 11.1 Å². The van der Waals surface area contributed by atoms with E-state index in [0.29, 0.717) is 16.1 Å². The van der Waals surface area contributed by atoms with Crippen molar-refractivity contribution in [1.82, 2.24) is 15.0 Å². The fraction of sp³-hybridized carbons (Fsp3) is 0.556. The molecule has 2 aromatic rings. The van der Waals surface area contributed by atoms with Gasteiger partial charge in [-0.2, -0.15) is 5.10 Å². The first-order chi connectivity index (χ1) is 11.8. The van der Waals surface area contributed by atoms with Crippen LogP contribution in [0, 0.1) is 16.7 Å². The topological polar surface area (TPSA) is 76.3 Å². The molecule has 2 bridgehead atoms.